The van der Waals surface area contributed by atoms with Gasteiger partial charge in [-0.3, -0.25) is 4.79 Å². The summed E-state index contributed by atoms with van der Waals surface area (Å²) in [7, 11) is -3.36. The number of aryl methyl sites for hydroxylation is 1. The Labute approximate surface area is 173 Å². The lowest BCUT2D eigenvalue weighted by Crippen LogP contribution is -2.45. The van der Waals surface area contributed by atoms with E-state index < -0.39 is 10.0 Å². The van der Waals surface area contributed by atoms with Crippen LogP contribution in [0.1, 0.15) is 36.8 Å². The Bertz CT molecular complexity index is 951. The first-order valence-corrected chi connectivity index (χ1v) is 12.1. The third-order valence-electron chi connectivity index (χ3n) is 6.01. The van der Waals surface area contributed by atoms with E-state index in [1.54, 1.807) is 4.31 Å². The van der Waals surface area contributed by atoms with Crippen LogP contribution >= 0.6 is 0 Å². The lowest BCUT2D eigenvalue weighted by atomic mass is 9.96. The molecule has 6 heteroatoms. The van der Waals surface area contributed by atoms with Gasteiger partial charge in [0.2, 0.25) is 15.9 Å². The zero-order chi connectivity index (χ0) is 20.3. The van der Waals surface area contributed by atoms with E-state index in [0.717, 1.165) is 37.1 Å². The molecule has 0 radical (unpaired) electrons. The van der Waals surface area contributed by atoms with Crippen molar-refractivity contribution in [2.45, 2.75) is 37.9 Å². The number of hydrogen-bond acceptors (Lipinski definition) is 3. The van der Waals surface area contributed by atoms with Crippen molar-refractivity contribution in [1.29, 1.82) is 0 Å². The molecule has 2 aliphatic heterocycles. The monoisotopic (exact) mass is 412 g/mol. The predicted molar refractivity (Wildman–Crippen MR) is 115 cm³/mol. The van der Waals surface area contributed by atoms with Gasteiger partial charge in [0.15, 0.2) is 0 Å². The molecule has 5 nitrogen and oxygen atoms in total. The maximum atomic E-state index is 13.3. The number of piperidine rings is 1. The molecule has 0 saturated carbocycles. The summed E-state index contributed by atoms with van der Waals surface area (Å²) in [6, 6.07) is 17.4. The number of benzene rings is 2. The Balaban J connectivity index is 1.41. The maximum Gasteiger partial charge on any atom is 0.230 e. The number of sulfonamides is 1. The molecule has 0 aromatic heterocycles. The van der Waals surface area contributed by atoms with Crippen LogP contribution in [0.3, 0.4) is 0 Å². The van der Waals surface area contributed by atoms with Crippen LogP contribution in [0.2, 0.25) is 0 Å². The molecular formula is C23H28N2O3S. The highest BCUT2D eigenvalue weighted by Gasteiger charge is 2.34. The minimum absolute atomic E-state index is 0.0198. The molecule has 1 saturated heterocycles. The van der Waals surface area contributed by atoms with Crippen LogP contribution in [0.25, 0.3) is 0 Å². The van der Waals surface area contributed by atoms with Crippen molar-refractivity contribution in [2.75, 3.05) is 24.5 Å². The van der Waals surface area contributed by atoms with E-state index in [9.17, 15) is 13.2 Å². The average molecular weight is 413 g/mol. The summed E-state index contributed by atoms with van der Waals surface area (Å²) in [4.78, 5) is 15.2. The summed E-state index contributed by atoms with van der Waals surface area (Å²) in [5, 5.41) is 0. The van der Waals surface area contributed by atoms with Crippen LogP contribution in [-0.2, 0) is 27.0 Å². The second-order valence-corrected chi connectivity index (χ2v) is 9.96. The molecule has 2 aliphatic rings. The molecule has 0 aliphatic carbocycles. The molecule has 154 valence electrons. The smallest absolute Gasteiger partial charge is 0.230 e. The second-order valence-electron chi connectivity index (χ2n) is 7.99. The summed E-state index contributed by atoms with van der Waals surface area (Å²) < 4.78 is 27.1. The van der Waals surface area contributed by atoms with Crippen molar-refractivity contribution in [1.82, 2.24) is 4.31 Å². The fourth-order valence-electron chi connectivity index (χ4n) is 4.40. The summed E-state index contributed by atoms with van der Waals surface area (Å²) in [5.41, 5.74) is 3.07. The third-order valence-corrected chi connectivity index (χ3v) is 7.86. The Morgan fingerprint density at radius 3 is 2.34 bits per heavy atom. The number of anilines is 1. The van der Waals surface area contributed by atoms with Gasteiger partial charge in [0.1, 0.15) is 0 Å². The van der Waals surface area contributed by atoms with Gasteiger partial charge >= 0.3 is 0 Å². The number of carbonyl (C=O) groups is 1. The molecule has 2 aromatic rings. The largest absolute Gasteiger partial charge is 0.312 e. The van der Waals surface area contributed by atoms with Gasteiger partial charge in [-0.25, -0.2) is 12.7 Å². The fourth-order valence-corrected chi connectivity index (χ4v) is 5.96. The first-order valence-electron chi connectivity index (χ1n) is 10.5. The van der Waals surface area contributed by atoms with Crippen LogP contribution in [0.4, 0.5) is 5.69 Å². The summed E-state index contributed by atoms with van der Waals surface area (Å²) >= 11 is 0. The van der Waals surface area contributed by atoms with E-state index in [2.05, 4.69) is 6.07 Å². The van der Waals surface area contributed by atoms with Crippen LogP contribution in [-0.4, -0.2) is 38.3 Å². The van der Waals surface area contributed by atoms with Gasteiger partial charge in [-0.1, -0.05) is 48.5 Å². The van der Waals surface area contributed by atoms with E-state index in [-0.39, 0.29) is 17.6 Å². The molecule has 0 N–H and O–H groups in total. The van der Waals surface area contributed by atoms with Gasteiger partial charge < -0.3 is 4.90 Å². The minimum Gasteiger partial charge on any atom is -0.312 e. The van der Waals surface area contributed by atoms with Gasteiger partial charge in [-0.05, 0) is 49.3 Å². The van der Waals surface area contributed by atoms with Gasteiger partial charge in [0.25, 0.3) is 0 Å². The standard InChI is InChI=1S/C23H28N2O3S/c26-23(25-15-7-6-11-20-10-4-5-12-22(20)25)21-13-16-24(17-14-21)29(27,28)18-19-8-2-1-3-9-19/h1-5,8-10,12,21H,6-7,11,13-18H2. The zero-order valence-corrected chi connectivity index (χ0v) is 17.5. The van der Waals surface area contributed by atoms with Crippen molar-refractivity contribution in [2.24, 2.45) is 5.92 Å². The number of carbonyl (C=O) groups excluding carboxylic acids is 1. The van der Waals surface area contributed by atoms with Gasteiger partial charge in [-0.15, -0.1) is 0 Å². The molecule has 1 amide bonds. The van der Waals surface area contributed by atoms with E-state index in [1.807, 2.05) is 53.4 Å². The molecule has 1 fully saturated rings. The fraction of sp³-hybridized carbons (Fsp3) is 0.435. The predicted octanol–water partition coefficient (Wildman–Crippen LogP) is 3.60. The topological polar surface area (TPSA) is 57.7 Å². The molecular weight excluding hydrogens is 384 g/mol. The molecule has 0 atom stereocenters. The Morgan fingerprint density at radius 2 is 1.59 bits per heavy atom. The average Bonchev–Trinajstić information content (AvgIpc) is 2.96. The highest BCUT2D eigenvalue weighted by molar-refractivity contribution is 7.88. The lowest BCUT2D eigenvalue weighted by molar-refractivity contribution is -0.123. The Kier molecular flexibility index (Phi) is 6.01. The lowest BCUT2D eigenvalue weighted by Gasteiger charge is -2.34. The van der Waals surface area contributed by atoms with Crippen LogP contribution in [0, 0.1) is 5.92 Å². The first-order chi connectivity index (χ1) is 14.0. The van der Waals surface area contributed by atoms with Gasteiger partial charge in [0, 0.05) is 31.2 Å². The van der Waals surface area contributed by atoms with E-state index in [0.29, 0.717) is 25.9 Å². The van der Waals surface area contributed by atoms with Crippen molar-refractivity contribution < 1.29 is 13.2 Å². The third kappa shape index (κ3) is 4.54. The van der Waals surface area contributed by atoms with Crippen LogP contribution in [0.15, 0.2) is 54.6 Å². The normalized spacial score (nSPS) is 18.8. The summed E-state index contributed by atoms with van der Waals surface area (Å²) in [5.74, 6) is 0.0650. The summed E-state index contributed by atoms with van der Waals surface area (Å²) in [6.07, 6.45) is 4.29. The number of hydrogen-bond donors (Lipinski definition) is 0. The molecule has 4 rings (SSSR count). The maximum absolute atomic E-state index is 13.3. The molecule has 0 spiro atoms. The molecule has 2 heterocycles. The van der Waals surface area contributed by atoms with Crippen LogP contribution < -0.4 is 4.90 Å². The van der Waals surface area contributed by atoms with Gasteiger partial charge in [-0.2, -0.15) is 0 Å². The SMILES string of the molecule is O=C(C1CCN(S(=O)(=O)Cc2ccccc2)CC1)N1CCCCc2ccccc21. The van der Waals surface area contributed by atoms with E-state index in [1.165, 1.54) is 5.56 Å². The van der Waals surface area contributed by atoms with E-state index >= 15 is 0 Å². The molecule has 29 heavy (non-hydrogen) atoms. The van der Waals surface area contributed by atoms with E-state index in [4.69, 9.17) is 0 Å². The zero-order valence-electron chi connectivity index (χ0n) is 16.7. The van der Waals surface area contributed by atoms with Crippen molar-refractivity contribution in [3.63, 3.8) is 0 Å². The summed E-state index contributed by atoms with van der Waals surface area (Å²) in [6.45, 7) is 1.59. The van der Waals surface area contributed by atoms with Gasteiger partial charge in [0.05, 0.1) is 5.75 Å². The Hall–Kier alpha value is -2.18. The first kappa shape index (κ1) is 20.1. The Morgan fingerprint density at radius 1 is 0.897 bits per heavy atom. The minimum atomic E-state index is -3.36. The van der Waals surface area contributed by atoms with Crippen molar-refractivity contribution >= 4 is 21.6 Å². The molecule has 2 aromatic carbocycles. The quantitative estimate of drug-likeness (QED) is 0.771. The number of rotatable bonds is 4. The number of amides is 1. The highest BCUT2D eigenvalue weighted by Crippen LogP contribution is 2.30. The van der Waals surface area contributed by atoms with Crippen molar-refractivity contribution in [3.8, 4) is 0 Å². The molecule has 0 unspecified atom stereocenters. The number of nitrogens with zero attached hydrogens (tertiary/aromatic N) is 2. The molecule has 0 bridgehead atoms. The number of para-hydroxylation sites is 1. The second kappa shape index (κ2) is 8.67. The van der Waals surface area contributed by atoms with Crippen molar-refractivity contribution in [3.05, 3.63) is 65.7 Å². The highest BCUT2D eigenvalue weighted by atomic mass is 32.2. The van der Waals surface area contributed by atoms with Crippen LogP contribution in [0.5, 0.6) is 0 Å². The number of fused-ring (bicyclic) bond motifs is 1.